The van der Waals surface area contributed by atoms with Gasteiger partial charge in [0.15, 0.2) is 9.84 Å². The van der Waals surface area contributed by atoms with Crippen molar-refractivity contribution in [3.8, 4) is 0 Å². The van der Waals surface area contributed by atoms with Crippen molar-refractivity contribution in [1.82, 2.24) is 5.43 Å². The van der Waals surface area contributed by atoms with Gasteiger partial charge in [0.05, 0.1) is 17.2 Å². The number of amides is 1. The molecule has 1 saturated heterocycles. The van der Waals surface area contributed by atoms with Crippen molar-refractivity contribution in [3.05, 3.63) is 23.2 Å². The van der Waals surface area contributed by atoms with Crippen LogP contribution in [-0.2, 0) is 14.6 Å². The Kier molecular flexibility index (Phi) is 4.51. The summed E-state index contributed by atoms with van der Waals surface area (Å²) in [7, 11) is -2.95. The smallest absolute Gasteiger partial charge is 0.240 e. The molecule has 0 radical (unpaired) electrons. The number of nitrogens with zero attached hydrogens (tertiary/aromatic N) is 1. The molecule has 21 heavy (non-hydrogen) atoms. The third-order valence-electron chi connectivity index (χ3n) is 3.58. The number of hydrogen-bond donors (Lipinski definition) is 1. The summed E-state index contributed by atoms with van der Waals surface area (Å²) in [6, 6.07) is 1.86. The molecular formula is C14H20N2O4S. The molecular weight excluding hydrogens is 292 g/mol. The van der Waals surface area contributed by atoms with Gasteiger partial charge in [-0.25, -0.2) is 13.8 Å². The standard InChI is InChI=1S/C14H20N2O4S/c1-9-6-13(11(3)20-9)10(2)15-16-14(17)7-12-4-5-21(18,19)8-12/h6,12H,4-5,7-8H2,1-3H3,(H,16,17)/b15-10-/t12-/m1/s1. The lowest BCUT2D eigenvalue weighted by atomic mass is 10.1. The number of carbonyl (C=O) groups excluding carboxylic acids is 1. The van der Waals surface area contributed by atoms with Crippen LogP contribution in [0.5, 0.6) is 0 Å². The van der Waals surface area contributed by atoms with Crippen molar-refractivity contribution in [2.24, 2.45) is 11.0 Å². The number of hydrogen-bond acceptors (Lipinski definition) is 5. The van der Waals surface area contributed by atoms with Crippen molar-refractivity contribution in [2.45, 2.75) is 33.6 Å². The number of carbonyl (C=O) groups is 1. The first-order valence-corrected chi connectivity index (χ1v) is 8.70. The summed E-state index contributed by atoms with van der Waals surface area (Å²) in [5.74, 6) is 1.48. The van der Waals surface area contributed by atoms with E-state index in [1.54, 1.807) is 6.92 Å². The van der Waals surface area contributed by atoms with Crippen molar-refractivity contribution in [3.63, 3.8) is 0 Å². The number of furan rings is 1. The lowest BCUT2D eigenvalue weighted by Gasteiger charge is -2.06. The molecule has 7 heteroatoms. The minimum atomic E-state index is -2.95. The van der Waals surface area contributed by atoms with E-state index in [2.05, 4.69) is 10.5 Å². The molecule has 1 atom stereocenters. The quantitative estimate of drug-likeness (QED) is 0.675. The van der Waals surface area contributed by atoms with E-state index in [1.807, 2.05) is 19.9 Å². The van der Waals surface area contributed by atoms with E-state index in [4.69, 9.17) is 4.42 Å². The highest BCUT2D eigenvalue weighted by atomic mass is 32.2. The fourth-order valence-corrected chi connectivity index (χ4v) is 4.40. The largest absolute Gasteiger partial charge is 0.466 e. The second kappa shape index (κ2) is 6.01. The van der Waals surface area contributed by atoms with E-state index >= 15 is 0 Å². The maximum absolute atomic E-state index is 11.8. The van der Waals surface area contributed by atoms with Crippen LogP contribution >= 0.6 is 0 Å². The van der Waals surface area contributed by atoms with Crippen LogP contribution in [0.2, 0.25) is 0 Å². The highest BCUT2D eigenvalue weighted by molar-refractivity contribution is 7.91. The van der Waals surface area contributed by atoms with Crippen LogP contribution < -0.4 is 5.43 Å². The first-order valence-electron chi connectivity index (χ1n) is 6.88. The van der Waals surface area contributed by atoms with E-state index in [1.165, 1.54) is 0 Å². The second-order valence-electron chi connectivity index (χ2n) is 5.53. The molecule has 0 aliphatic carbocycles. The average Bonchev–Trinajstić information content (AvgIpc) is 2.88. The highest BCUT2D eigenvalue weighted by Crippen LogP contribution is 2.21. The fourth-order valence-electron chi connectivity index (χ4n) is 2.54. The molecule has 1 aliphatic rings. The van der Waals surface area contributed by atoms with Crippen LogP contribution in [0.25, 0.3) is 0 Å². The molecule has 1 fully saturated rings. The van der Waals surface area contributed by atoms with E-state index in [0.29, 0.717) is 12.1 Å². The Bertz CT molecular complexity index is 673. The lowest BCUT2D eigenvalue weighted by molar-refractivity contribution is -0.121. The molecule has 0 unspecified atom stereocenters. The molecule has 1 aromatic heterocycles. The Morgan fingerprint density at radius 3 is 2.71 bits per heavy atom. The normalized spacial score (nSPS) is 21.5. The van der Waals surface area contributed by atoms with E-state index in [-0.39, 0.29) is 29.8 Å². The van der Waals surface area contributed by atoms with Gasteiger partial charge in [0.2, 0.25) is 5.91 Å². The van der Waals surface area contributed by atoms with Gasteiger partial charge in [-0.3, -0.25) is 4.79 Å². The molecule has 0 spiro atoms. The highest BCUT2D eigenvalue weighted by Gasteiger charge is 2.29. The summed E-state index contributed by atoms with van der Waals surface area (Å²) >= 11 is 0. The molecule has 0 bridgehead atoms. The Morgan fingerprint density at radius 1 is 1.48 bits per heavy atom. The summed E-state index contributed by atoms with van der Waals surface area (Å²) in [6.45, 7) is 5.48. The van der Waals surface area contributed by atoms with E-state index in [0.717, 1.165) is 17.1 Å². The average molecular weight is 312 g/mol. The van der Waals surface area contributed by atoms with Gasteiger partial charge in [0.25, 0.3) is 0 Å². The van der Waals surface area contributed by atoms with Crippen molar-refractivity contribution in [2.75, 3.05) is 11.5 Å². The Hall–Kier alpha value is -1.63. The summed E-state index contributed by atoms with van der Waals surface area (Å²) in [6.07, 6.45) is 0.748. The first kappa shape index (κ1) is 15.8. The summed E-state index contributed by atoms with van der Waals surface area (Å²) < 4.78 is 28.1. The van der Waals surface area contributed by atoms with Crippen LogP contribution in [0.1, 0.15) is 36.8 Å². The molecule has 6 nitrogen and oxygen atoms in total. The van der Waals surface area contributed by atoms with E-state index in [9.17, 15) is 13.2 Å². The molecule has 2 rings (SSSR count). The maximum Gasteiger partial charge on any atom is 0.240 e. The molecule has 1 amide bonds. The molecule has 1 aromatic rings. The maximum atomic E-state index is 11.8. The van der Waals surface area contributed by atoms with Gasteiger partial charge in [-0.2, -0.15) is 5.10 Å². The lowest BCUT2D eigenvalue weighted by Crippen LogP contribution is -2.22. The topological polar surface area (TPSA) is 88.7 Å². The van der Waals surface area contributed by atoms with Gasteiger partial charge >= 0.3 is 0 Å². The number of sulfone groups is 1. The molecule has 0 aromatic carbocycles. The van der Waals surface area contributed by atoms with E-state index < -0.39 is 9.84 Å². The van der Waals surface area contributed by atoms with Gasteiger partial charge in [0, 0.05) is 12.0 Å². The van der Waals surface area contributed by atoms with Gasteiger partial charge in [0.1, 0.15) is 11.5 Å². The summed E-state index contributed by atoms with van der Waals surface area (Å²) in [5, 5.41) is 4.05. The molecule has 116 valence electrons. The predicted molar refractivity (Wildman–Crippen MR) is 79.9 cm³/mol. The van der Waals surface area contributed by atoms with Crippen molar-refractivity contribution >= 4 is 21.5 Å². The van der Waals surface area contributed by atoms with Crippen LogP contribution in [0.4, 0.5) is 0 Å². The van der Waals surface area contributed by atoms with Crippen LogP contribution in [0, 0.1) is 19.8 Å². The fraction of sp³-hybridized carbons (Fsp3) is 0.571. The molecule has 0 saturated carbocycles. The minimum Gasteiger partial charge on any atom is -0.466 e. The molecule has 1 aliphatic heterocycles. The van der Waals surface area contributed by atoms with Gasteiger partial charge in [-0.05, 0) is 39.2 Å². The van der Waals surface area contributed by atoms with Crippen molar-refractivity contribution < 1.29 is 17.6 Å². The number of nitrogens with one attached hydrogen (secondary N) is 1. The third-order valence-corrected chi connectivity index (χ3v) is 5.42. The van der Waals surface area contributed by atoms with Crippen LogP contribution in [0.3, 0.4) is 0 Å². The Labute approximate surface area is 124 Å². The Balaban J connectivity index is 1.91. The predicted octanol–water partition coefficient (Wildman–Crippen LogP) is 1.56. The zero-order valence-corrected chi connectivity index (χ0v) is 13.3. The van der Waals surface area contributed by atoms with Gasteiger partial charge in [-0.1, -0.05) is 0 Å². The molecule has 2 heterocycles. The third kappa shape index (κ3) is 4.17. The van der Waals surface area contributed by atoms with Crippen LogP contribution in [0.15, 0.2) is 15.6 Å². The Morgan fingerprint density at radius 2 is 2.19 bits per heavy atom. The number of rotatable bonds is 4. The van der Waals surface area contributed by atoms with Gasteiger partial charge in [-0.15, -0.1) is 0 Å². The summed E-state index contributed by atoms with van der Waals surface area (Å²) in [5.41, 5.74) is 4.01. The zero-order chi connectivity index (χ0) is 15.6. The zero-order valence-electron chi connectivity index (χ0n) is 12.5. The monoisotopic (exact) mass is 312 g/mol. The second-order valence-corrected chi connectivity index (χ2v) is 7.76. The first-order chi connectivity index (χ1) is 9.77. The van der Waals surface area contributed by atoms with Gasteiger partial charge < -0.3 is 4.42 Å². The number of hydrazone groups is 1. The van der Waals surface area contributed by atoms with Crippen molar-refractivity contribution in [1.29, 1.82) is 0 Å². The number of aryl methyl sites for hydroxylation is 2. The molecule has 1 N–H and O–H groups in total. The SMILES string of the molecule is C/C(=N/NC(=O)C[C@H]1CCS(=O)(=O)C1)c1cc(C)oc1C. The van der Waals surface area contributed by atoms with Crippen LogP contribution in [-0.4, -0.2) is 31.5 Å². The minimum absolute atomic E-state index is 0.0941. The summed E-state index contributed by atoms with van der Waals surface area (Å²) in [4.78, 5) is 11.8.